The molecule has 0 amide bonds. The molecular formula is C21H41N2+. The van der Waals surface area contributed by atoms with Gasteiger partial charge in [0.25, 0.3) is 5.82 Å². The molecule has 23 heavy (non-hydrogen) atoms. The van der Waals surface area contributed by atoms with Crippen molar-refractivity contribution in [2.75, 3.05) is 0 Å². The van der Waals surface area contributed by atoms with Gasteiger partial charge in [-0.25, -0.2) is 9.13 Å². The minimum Gasteiger partial charge on any atom is -0.234 e. The van der Waals surface area contributed by atoms with Crippen LogP contribution in [0.4, 0.5) is 0 Å². The third kappa shape index (κ3) is 8.58. The molecule has 0 unspecified atom stereocenters. The van der Waals surface area contributed by atoms with E-state index in [1.165, 1.54) is 96.6 Å². The van der Waals surface area contributed by atoms with Crippen molar-refractivity contribution in [1.82, 2.24) is 4.57 Å². The Morgan fingerprint density at radius 2 is 1.35 bits per heavy atom. The fraction of sp³-hybridized carbons (Fsp3) is 0.857. The Bertz CT molecular complexity index is 381. The molecule has 134 valence electrons. The number of rotatable bonds is 15. The van der Waals surface area contributed by atoms with Crippen molar-refractivity contribution in [2.45, 2.75) is 117 Å². The second-order valence-electron chi connectivity index (χ2n) is 7.03. The Labute approximate surface area is 145 Å². The fourth-order valence-corrected chi connectivity index (χ4v) is 3.38. The van der Waals surface area contributed by atoms with Gasteiger partial charge in [-0.1, -0.05) is 72.1 Å². The molecule has 1 aromatic rings. The van der Waals surface area contributed by atoms with Crippen LogP contribution in [-0.4, -0.2) is 4.57 Å². The molecule has 0 aliphatic rings. The second kappa shape index (κ2) is 13.6. The normalized spacial score (nSPS) is 11.3. The van der Waals surface area contributed by atoms with Crippen LogP contribution in [0.15, 0.2) is 12.4 Å². The van der Waals surface area contributed by atoms with Crippen molar-refractivity contribution in [3.63, 3.8) is 0 Å². The lowest BCUT2D eigenvalue weighted by molar-refractivity contribution is -0.703. The van der Waals surface area contributed by atoms with E-state index in [-0.39, 0.29) is 0 Å². The lowest BCUT2D eigenvalue weighted by Gasteiger charge is -2.05. The standard InChI is InChI=1S/C21H41N2/c1-4-7-9-11-12-13-14-16-21-22(17-6-3)19-20-23(21)18-15-10-8-5-2/h19-20H,4-18H2,1-3H3/q+1. The summed E-state index contributed by atoms with van der Waals surface area (Å²) in [6, 6.07) is 0. The number of aromatic nitrogens is 2. The molecule has 0 spiro atoms. The van der Waals surface area contributed by atoms with Gasteiger partial charge in [0.1, 0.15) is 12.4 Å². The van der Waals surface area contributed by atoms with Gasteiger partial charge in [0.2, 0.25) is 0 Å². The van der Waals surface area contributed by atoms with Crippen LogP contribution in [0.5, 0.6) is 0 Å². The van der Waals surface area contributed by atoms with Crippen LogP contribution >= 0.6 is 0 Å². The average molecular weight is 322 g/mol. The van der Waals surface area contributed by atoms with E-state index in [2.05, 4.69) is 42.3 Å². The van der Waals surface area contributed by atoms with Gasteiger partial charge in [0.15, 0.2) is 0 Å². The van der Waals surface area contributed by atoms with Crippen molar-refractivity contribution >= 4 is 0 Å². The van der Waals surface area contributed by atoms with Crippen molar-refractivity contribution < 1.29 is 4.57 Å². The number of imidazole rings is 1. The summed E-state index contributed by atoms with van der Waals surface area (Å²) in [6.07, 6.45) is 22.3. The SMILES string of the molecule is CCCCCCCCCc1n(CCCCCC)cc[n+]1CCC. The first-order chi connectivity index (χ1) is 11.3. The summed E-state index contributed by atoms with van der Waals surface area (Å²) >= 11 is 0. The van der Waals surface area contributed by atoms with Crippen LogP contribution < -0.4 is 4.57 Å². The van der Waals surface area contributed by atoms with Gasteiger partial charge in [0.05, 0.1) is 13.1 Å². The second-order valence-corrected chi connectivity index (χ2v) is 7.03. The predicted octanol–water partition coefficient (Wildman–Crippen LogP) is 6.06. The zero-order valence-electron chi connectivity index (χ0n) is 16.2. The van der Waals surface area contributed by atoms with Crippen LogP contribution in [0.2, 0.25) is 0 Å². The summed E-state index contributed by atoms with van der Waals surface area (Å²) in [6.45, 7) is 9.25. The van der Waals surface area contributed by atoms with E-state index in [1.54, 1.807) is 5.82 Å². The highest BCUT2D eigenvalue weighted by molar-refractivity contribution is 4.84. The minimum absolute atomic E-state index is 1.17. The molecule has 0 bridgehead atoms. The number of nitrogens with zero attached hydrogens (tertiary/aromatic N) is 2. The highest BCUT2D eigenvalue weighted by Crippen LogP contribution is 2.11. The van der Waals surface area contributed by atoms with Crippen LogP contribution in [0, 0.1) is 0 Å². The maximum atomic E-state index is 2.53. The van der Waals surface area contributed by atoms with Gasteiger partial charge >= 0.3 is 0 Å². The first-order valence-corrected chi connectivity index (χ1v) is 10.4. The zero-order chi connectivity index (χ0) is 16.8. The molecule has 0 saturated carbocycles. The Morgan fingerprint density at radius 3 is 2.00 bits per heavy atom. The van der Waals surface area contributed by atoms with E-state index in [0.29, 0.717) is 0 Å². The summed E-state index contributed by atoms with van der Waals surface area (Å²) in [4.78, 5) is 0. The molecule has 0 aromatic carbocycles. The molecule has 0 saturated heterocycles. The first kappa shape index (κ1) is 20.3. The van der Waals surface area contributed by atoms with E-state index in [0.717, 1.165) is 0 Å². The largest absolute Gasteiger partial charge is 0.256 e. The first-order valence-electron chi connectivity index (χ1n) is 10.4. The molecule has 1 aromatic heterocycles. The Balaban J connectivity index is 2.38. The van der Waals surface area contributed by atoms with Crippen molar-refractivity contribution in [3.05, 3.63) is 18.2 Å². The fourth-order valence-electron chi connectivity index (χ4n) is 3.38. The third-order valence-corrected chi connectivity index (χ3v) is 4.81. The van der Waals surface area contributed by atoms with Gasteiger partial charge in [-0.3, -0.25) is 0 Å². The Kier molecular flexibility index (Phi) is 12.0. The number of hydrogen-bond acceptors (Lipinski definition) is 0. The van der Waals surface area contributed by atoms with E-state index in [1.807, 2.05) is 0 Å². The molecule has 0 fully saturated rings. The van der Waals surface area contributed by atoms with E-state index in [9.17, 15) is 0 Å². The minimum atomic E-state index is 1.17. The van der Waals surface area contributed by atoms with Gasteiger partial charge < -0.3 is 0 Å². The molecule has 2 nitrogen and oxygen atoms in total. The molecule has 0 N–H and O–H groups in total. The summed E-state index contributed by atoms with van der Waals surface area (Å²) in [5.74, 6) is 1.57. The molecule has 1 heterocycles. The lowest BCUT2D eigenvalue weighted by atomic mass is 10.1. The molecule has 0 radical (unpaired) electrons. The number of hydrogen-bond donors (Lipinski definition) is 0. The van der Waals surface area contributed by atoms with Crippen LogP contribution in [0.3, 0.4) is 0 Å². The van der Waals surface area contributed by atoms with Crippen LogP contribution in [-0.2, 0) is 19.5 Å². The molecule has 0 aliphatic carbocycles. The molecular weight excluding hydrogens is 280 g/mol. The van der Waals surface area contributed by atoms with Gasteiger partial charge in [-0.2, -0.15) is 0 Å². The highest BCUT2D eigenvalue weighted by Gasteiger charge is 2.15. The van der Waals surface area contributed by atoms with Gasteiger partial charge in [0, 0.05) is 6.42 Å². The van der Waals surface area contributed by atoms with Crippen molar-refractivity contribution in [2.24, 2.45) is 0 Å². The predicted molar refractivity (Wildman–Crippen MR) is 101 cm³/mol. The smallest absolute Gasteiger partial charge is 0.234 e. The van der Waals surface area contributed by atoms with Gasteiger partial charge in [-0.15, -0.1) is 0 Å². The molecule has 0 atom stereocenters. The summed E-state index contributed by atoms with van der Waals surface area (Å²) in [7, 11) is 0. The third-order valence-electron chi connectivity index (χ3n) is 4.81. The number of unbranched alkanes of at least 4 members (excludes halogenated alkanes) is 9. The number of aryl methyl sites for hydroxylation is 2. The highest BCUT2D eigenvalue weighted by atomic mass is 15.1. The average Bonchev–Trinajstić information content (AvgIpc) is 2.93. The van der Waals surface area contributed by atoms with E-state index >= 15 is 0 Å². The van der Waals surface area contributed by atoms with E-state index in [4.69, 9.17) is 0 Å². The molecule has 1 rings (SSSR count). The maximum absolute atomic E-state index is 2.53. The molecule has 2 heteroatoms. The Hall–Kier alpha value is -0.790. The van der Waals surface area contributed by atoms with E-state index < -0.39 is 0 Å². The summed E-state index contributed by atoms with van der Waals surface area (Å²) in [5, 5.41) is 0. The summed E-state index contributed by atoms with van der Waals surface area (Å²) in [5.41, 5.74) is 0. The Morgan fingerprint density at radius 1 is 0.739 bits per heavy atom. The van der Waals surface area contributed by atoms with Crippen LogP contribution in [0.1, 0.15) is 104 Å². The van der Waals surface area contributed by atoms with Crippen molar-refractivity contribution in [3.8, 4) is 0 Å². The topological polar surface area (TPSA) is 8.81 Å². The quantitative estimate of drug-likeness (QED) is 0.274. The van der Waals surface area contributed by atoms with Crippen LogP contribution in [0.25, 0.3) is 0 Å². The molecule has 0 aliphatic heterocycles. The summed E-state index contributed by atoms with van der Waals surface area (Å²) < 4.78 is 5.03. The monoisotopic (exact) mass is 321 g/mol. The van der Waals surface area contributed by atoms with Crippen molar-refractivity contribution in [1.29, 1.82) is 0 Å². The van der Waals surface area contributed by atoms with Gasteiger partial charge in [-0.05, 0) is 25.7 Å². The maximum Gasteiger partial charge on any atom is 0.256 e. The zero-order valence-corrected chi connectivity index (χ0v) is 16.2. The lowest BCUT2D eigenvalue weighted by Crippen LogP contribution is -2.37.